The molecule has 0 unspecified atom stereocenters. The fraction of sp³-hybridized carbons (Fsp3) is 0.308. The lowest BCUT2D eigenvalue weighted by atomic mass is 9.99. The molecule has 0 atom stereocenters. The largest absolute Gasteiger partial charge is 0.416 e. The summed E-state index contributed by atoms with van der Waals surface area (Å²) in [4.78, 5) is 21.1. The third kappa shape index (κ3) is 5.34. The average molecular weight is 480 g/mol. The van der Waals surface area contributed by atoms with Gasteiger partial charge < -0.3 is 5.73 Å². The lowest BCUT2D eigenvalue weighted by Gasteiger charge is -2.09. The molecule has 1 fully saturated rings. The monoisotopic (exact) mass is 479 g/mol. The molecule has 0 radical (unpaired) electrons. The second-order valence-electron chi connectivity index (χ2n) is 9.12. The summed E-state index contributed by atoms with van der Waals surface area (Å²) in [6.07, 6.45) is -0.0335. The number of hydrogen-bond acceptors (Lipinski definition) is 5. The molecule has 0 amide bonds. The Hall–Kier alpha value is -3.75. The highest BCUT2D eigenvalue weighted by Gasteiger charge is 2.30. The maximum atomic E-state index is 13.0. The van der Waals surface area contributed by atoms with Crippen LogP contribution < -0.4 is 5.73 Å². The van der Waals surface area contributed by atoms with Gasteiger partial charge in [0.05, 0.1) is 16.6 Å². The van der Waals surface area contributed by atoms with Crippen LogP contribution in [0.2, 0.25) is 0 Å². The molecule has 4 aromatic rings. The zero-order valence-electron chi connectivity index (χ0n) is 18.9. The fourth-order valence-corrected chi connectivity index (χ4v) is 4.32. The molecule has 0 spiro atoms. The summed E-state index contributed by atoms with van der Waals surface area (Å²) in [5.74, 6) is 0.853. The average Bonchev–Trinajstić information content (AvgIpc) is 3.55. The van der Waals surface area contributed by atoms with Crippen LogP contribution in [0.1, 0.15) is 40.8 Å². The van der Waals surface area contributed by atoms with Crippen molar-refractivity contribution in [1.29, 1.82) is 0 Å². The van der Waals surface area contributed by atoms with Gasteiger partial charge in [-0.15, -0.1) is 0 Å². The first-order valence-corrected chi connectivity index (χ1v) is 11.5. The number of alkyl halides is 3. The topological polar surface area (TPSA) is 86.7 Å². The number of carbonyl (C=O) groups is 1. The Kier molecular flexibility index (Phi) is 6.00. The van der Waals surface area contributed by atoms with E-state index in [0.717, 1.165) is 46.5 Å². The number of halogens is 3. The van der Waals surface area contributed by atoms with Crippen molar-refractivity contribution in [3.05, 3.63) is 82.8 Å². The first-order chi connectivity index (χ1) is 16.8. The molecule has 0 saturated heterocycles. The predicted molar refractivity (Wildman–Crippen MR) is 126 cm³/mol. The van der Waals surface area contributed by atoms with Crippen LogP contribution in [0, 0.1) is 5.92 Å². The first kappa shape index (κ1) is 23.0. The minimum absolute atomic E-state index is 0.0573. The minimum Gasteiger partial charge on any atom is -0.383 e. The Morgan fingerprint density at radius 3 is 2.40 bits per heavy atom. The maximum Gasteiger partial charge on any atom is 0.416 e. The van der Waals surface area contributed by atoms with Crippen molar-refractivity contribution in [3.8, 4) is 0 Å². The maximum absolute atomic E-state index is 13.0. The number of nitrogens with zero attached hydrogens (tertiary/aromatic N) is 4. The van der Waals surface area contributed by atoms with E-state index in [2.05, 4.69) is 9.97 Å². The fourth-order valence-electron chi connectivity index (χ4n) is 4.32. The summed E-state index contributed by atoms with van der Waals surface area (Å²) < 4.78 is 40.8. The van der Waals surface area contributed by atoms with Crippen LogP contribution in [0.15, 0.2) is 54.9 Å². The molecule has 6 nitrogen and oxygen atoms in total. The smallest absolute Gasteiger partial charge is 0.383 e. The van der Waals surface area contributed by atoms with E-state index in [1.807, 2.05) is 28.9 Å². The predicted octanol–water partition coefficient (Wildman–Crippen LogP) is 4.78. The Balaban J connectivity index is 1.32. The molecule has 2 aromatic heterocycles. The Morgan fingerprint density at radius 2 is 1.69 bits per heavy atom. The number of ketones is 1. The zero-order chi connectivity index (χ0) is 24.6. The summed E-state index contributed by atoms with van der Waals surface area (Å²) >= 11 is 0. The van der Waals surface area contributed by atoms with Gasteiger partial charge in [0.25, 0.3) is 0 Å². The van der Waals surface area contributed by atoms with Gasteiger partial charge in [0.1, 0.15) is 17.9 Å². The molecule has 35 heavy (non-hydrogen) atoms. The van der Waals surface area contributed by atoms with Crippen LogP contribution in [0.5, 0.6) is 0 Å². The van der Waals surface area contributed by atoms with Crippen molar-refractivity contribution < 1.29 is 18.0 Å². The molecule has 9 heteroatoms. The number of aromatic nitrogens is 4. The Labute approximate surface area is 200 Å². The molecule has 1 aliphatic rings. The van der Waals surface area contributed by atoms with Gasteiger partial charge in [-0.25, -0.2) is 14.6 Å². The molecular weight excluding hydrogens is 455 g/mol. The van der Waals surface area contributed by atoms with Gasteiger partial charge >= 0.3 is 6.18 Å². The van der Waals surface area contributed by atoms with E-state index in [1.54, 1.807) is 6.07 Å². The van der Waals surface area contributed by atoms with E-state index < -0.39 is 11.7 Å². The highest BCUT2D eigenvalue weighted by Crippen LogP contribution is 2.33. The van der Waals surface area contributed by atoms with Crippen LogP contribution in [0.25, 0.3) is 11.0 Å². The molecule has 1 aliphatic carbocycles. The van der Waals surface area contributed by atoms with Gasteiger partial charge in [0, 0.05) is 25.8 Å². The van der Waals surface area contributed by atoms with Crippen LogP contribution >= 0.6 is 0 Å². The van der Waals surface area contributed by atoms with Crippen molar-refractivity contribution in [2.24, 2.45) is 5.92 Å². The van der Waals surface area contributed by atoms with Crippen LogP contribution in [0.3, 0.4) is 0 Å². The molecule has 0 aliphatic heterocycles. The highest BCUT2D eigenvalue weighted by molar-refractivity contribution is 5.88. The summed E-state index contributed by atoms with van der Waals surface area (Å²) in [6.45, 7) is 0.803. The molecule has 0 bridgehead atoms. The number of nitrogens with two attached hydrogens (primary N) is 1. The van der Waals surface area contributed by atoms with E-state index in [0.29, 0.717) is 23.7 Å². The summed E-state index contributed by atoms with van der Waals surface area (Å²) in [6, 6.07) is 12.5. The lowest BCUT2D eigenvalue weighted by Crippen LogP contribution is -2.09. The standard InChI is InChI=1S/C26H24F3N5O/c27-26(28,29)20-6-2-5-19(10-20)12-21(35)11-17-3-1-4-18(9-17)13-22-23-24(30)31-15-32-25(23)34(33-22)14-16-7-8-16/h1-6,9-10,15-16H,7-8,11-14H2,(H2,30,31,32). The number of nitrogen functional groups attached to an aromatic ring is 1. The first-order valence-electron chi connectivity index (χ1n) is 11.5. The number of fused-ring (bicyclic) bond motifs is 1. The number of rotatable bonds is 8. The van der Waals surface area contributed by atoms with Gasteiger partial charge in [-0.3, -0.25) is 4.79 Å². The van der Waals surface area contributed by atoms with E-state index in [-0.39, 0.29) is 18.6 Å². The third-order valence-corrected chi connectivity index (χ3v) is 6.18. The van der Waals surface area contributed by atoms with E-state index in [4.69, 9.17) is 10.8 Å². The third-order valence-electron chi connectivity index (χ3n) is 6.18. The van der Waals surface area contributed by atoms with E-state index in [1.165, 1.54) is 25.2 Å². The molecule has 1 saturated carbocycles. The second-order valence-corrected chi connectivity index (χ2v) is 9.12. The van der Waals surface area contributed by atoms with Crippen molar-refractivity contribution in [1.82, 2.24) is 19.7 Å². The number of anilines is 1. The number of hydrogen-bond donors (Lipinski definition) is 1. The highest BCUT2D eigenvalue weighted by atomic mass is 19.4. The van der Waals surface area contributed by atoms with Gasteiger partial charge in [0.15, 0.2) is 5.65 Å². The van der Waals surface area contributed by atoms with Gasteiger partial charge in [-0.1, -0.05) is 42.5 Å². The molecule has 2 heterocycles. The quantitative estimate of drug-likeness (QED) is 0.393. The molecule has 5 rings (SSSR count). The van der Waals surface area contributed by atoms with Crippen molar-refractivity contribution in [2.45, 2.75) is 44.8 Å². The van der Waals surface area contributed by atoms with E-state index in [9.17, 15) is 18.0 Å². The van der Waals surface area contributed by atoms with Crippen LogP contribution in [-0.2, 0) is 36.8 Å². The number of Topliss-reactive ketones (excluding diaryl/α,β-unsaturated/α-hetero) is 1. The molecular formula is C26H24F3N5O. The van der Waals surface area contributed by atoms with Crippen LogP contribution in [0.4, 0.5) is 19.0 Å². The Bertz CT molecular complexity index is 1390. The normalized spacial score (nSPS) is 13.9. The van der Waals surface area contributed by atoms with Crippen molar-refractivity contribution >= 4 is 22.6 Å². The van der Waals surface area contributed by atoms with Crippen molar-refractivity contribution in [2.75, 3.05) is 5.73 Å². The SMILES string of the molecule is Nc1ncnc2c1c(Cc1cccc(CC(=O)Cc3cccc(C(F)(F)F)c3)c1)nn2CC1CC1. The minimum atomic E-state index is -4.43. The van der Waals surface area contributed by atoms with Gasteiger partial charge in [-0.05, 0) is 41.5 Å². The van der Waals surface area contributed by atoms with E-state index >= 15 is 0 Å². The Morgan fingerprint density at radius 1 is 1.00 bits per heavy atom. The second kappa shape index (κ2) is 9.13. The molecule has 2 N–H and O–H groups in total. The van der Waals surface area contributed by atoms with Gasteiger partial charge in [0.2, 0.25) is 0 Å². The number of carbonyl (C=O) groups excluding carboxylic acids is 1. The lowest BCUT2D eigenvalue weighted by molar-refractivity contribution is -0.137. The summed E-state index contributed by atoms with van der Waals surface area (Å²) in [7, 11) is 0. The summed E-state index contributed by atoms with van der Waals surface area (Å²) in [5.41, 5.74) is 9.02. The summed E-state index contributed by atoms with van der Waals surface area (Å²) in [5, 5.41) is 5.52. The zero-order valence-corrected chi connectivity index (χ0v) is 18.9. The van der Waals surface area contributed by atoms with Crippen molar-refractivity contribution in [3.63, 3.8) is 0 Å². The number of benzene rings is 2. The molecule has 180 valence electrons. The molecule has 2 aromatic carbocycles. The van der Waals surface area contributed by atoms with Gasteiger partial charge in [-0.2, -0.15) is 18.3 Å². The van der Waals surface area contributed by atoms with Crippen LogP contribution in [-0.4, -0.2) is 25.5 Å².